The number of benzene rings is 1. The molecular formula is C30H26F2N8O4. The summed E-state index contributed by atoms with van der Waals surface area (Å²) in [5.41, 5.74) is -1.05. The average Bonchev–Trinajstić information content (AvgIpc) is 3.80. The van der Waals surface area contributed by atoms with Gasteiger partial charge in [-0.3, -0.25) is 9.59 Å². The number of ether oxygens (including phenoxy) is 1. The SMILES string of the molecule is C=CC(=O)N1CCN(c2nc(=O)n3c4nc(c(F)cc24)-c2c(F)cccc2NC(=O)COc2ncnc(C(C)C)c2-3)C2C[C@H]21. The second-order valence-corrected chi connectivity index (χ2v) is 11.1. The molecular weight excluding hydrogens is 574 g/mol. The maximum Gasteiger partial charge on any atom is 0.356 e. The number of fused-ring (bicyclic) bond motifs is 6. The molecule has 7 rings (SSSR count). The number of hydrogen-bond donors (Lipinski definition) is 1. The number of carbonyl (C=O) groups is 2. The van der Waals surface area contributed by atoms with Gasteiger partial charge in [-0.1, -0.05) is 26.5 Å². The smallest absolute Gasteiger partial charge is 0.356 e. The Bertz CT molecular complexity index is 1960. The van der Waals surface area contributed by atoms with Gasteiger partial charge in [0.2, 0.25) is 11.8 Å². The van der Waals surface area contributed by atoms with Crippen LogP contribution in [0.4, 0.5) is 20.3 Å². The molecule has 1 saturated carbocycles. The van der Waals surface area contributed by atoms with Crippen LogP contribution in [-0.2, 0) is 9.59 Å². The maximum absolute atomic E-state index is 16.1. The zero-order valence-corrected chi connectivity index (χ0v) is 23.8. The first-order valence-electron chi connectivity index (χ1n) is 14.1. The summed E-state index contributed by atoms with van der Waals surface area (Å²) in [6, 6.07) is 4.83. The molecule has 1 N–H and O–H groups in total. The highest BCUT2D eigenvalue weighted by atomic mass is 19.1. The minimum atomic E-state index is -0.888. The molecule has 3 aromatic heterocycles. The van der Waals surface area contributed by atoms with Gasteiger partial charge in [0.1, 0.15) is 29.3 Å². The summed E-state index contributed by atoms with van der Waals surface area (Å²) in [6.45, 7) is 7.42. The van der Waals surface area contributed by atoms with Crippen LogP contribution in [0.5, 0.6) is 5.88 Å². The molecule has 224 valence electrons. The molecule has 2 atom stereocenters. The summed E-state index contributed by atoms with van der Waals surface area (Å²) >= 11 is 0. The van der Waals surface area contributed by atoms with E-state index >= 15 is 8.78 Å². The van der Waals surface area contributed by atoms with Crippen molar-refractivity contribution in [2.75, 3.05) is 29.9 Å². The monoisotopic (exact) mass is 600 g/mol. The van der Waals surface area contributed by atoms with E-state index in [4.69, 9.17) is 4.74 Å². The third kappa shape index (κ3) is 4.28. The second-order valence-electron chi connectivity index (χ2n) is 11.1. The average molecular weight is 601 g/mol. The lowest BCUT2D eigenvalue weighted by molar-refractivity contribution is -0.127. The Kier molecular flexibility index (Phi) is 6.37. The van der Waals surface area contributed by atoms with Crippen molar-refractivity contribution in [1.82, 2.24) is 29.4 Å². The number of amides is 2. The van der Waals surface area contributed by atoms with Crippen molar-refractivity contribution < 1.29 is 23.1 Å². The van der Waals surface area contributed by atoms with Crippen molar-refractivity contribution >= 4 is 34.4 Å². The number of carbonyl (C=O) groups excluding carboxylic acids is 2. The van der Waals surface area contributed by atoms with Gasteiger partial charge in [-0.2, -0.15) is 9.97 Å². The molecule has 1 saturated heterocycles. The Morgan fingerprint density at radius 3 is 2.73 bits per heavy atom. The molecule has 3 aliphatic rings. The molecule has 1 aliphatic carbocycles. The van der Waals surface area contributed by atoms with Crippen LogP contribution in [0, 0.1) is 11.6 Å². The third-order valence-corrected chi connectivity index (χ3v) is 8.09. The first kappa shape index (κ1) is 27.6. The largest absolute Gasteiger partial charge is 0.466 e. The highest BCUT2D eigenvalue weighted by Gasteiger charge is 2.51. The van der Waals surface area contributed by atoms with Crippen LogP contribution in [0.3, 0.4) is 0 Å². The summed E-state index contributed by atoms with van der Waals surface area (Å²) in [5.74, 6) is -2.70. The van der Waals surface area contributed by atoms with E-state index in [1.807, 2.05) is 18.7 Å². The molecule has 4 aromatic rings. The minimum Gasteiger partial charge on any atom is -0.466 e. The van der Waals surface area contributed by atoms with E-state index in [0.717, 1.165) is 16.7 Å². The van der Waals surface area contributed by atoms with Gasteiger partial charge in [0, 0.05) is 13.1 Å². The number of rotatable bonds is 3. The van der Waals surface area contributed by atoms with Crippen molar-refractivity contribution in [3.63, 3.8) is 0 Å². The van der Waals surface area contributed by atoms with Crippen LogP contribution in [0.25, 0.3) is 28.0 Å². The van der Waals surface area contributed by atoms with Crippen molar-refractivity contribution in [2.45, 2.75) is 38.3 Å². The standard InChI is InChI=1S/C30H26F2N8O4/c1-4-22(42)38-8-9-39(20-11-19(20)38)27-15-10-17(32)25-23-16(31)6-5-7-18(23)35-21(41)12-44-29-26(24(14(2)3)33-13-34-29)40(28(15)36-25)30(43)37-27/h4-7,10,13-14,19-20H,1,8-9,11-12H2,2-3H3,(H,35,41)/t19-,20?/m1/s1. The van der Waals surface area contributed by atoms with Gasteiger partial charge in [0.25, 0.3) is 5.91 Å². The number of pyridine rings is 1. The highest BCUT2D eigenvalue weighted by Crippen LogP contribution is 2.42. The quantitative estimate of drug-likeness (QED) is 0.352. The van der Waals surface area contributed by atoms with Crippen LogP contribution in [0.2, 0.25) is 0 Å². The number of hydrogen-bond acceptors (Lipinski definition) is 9. The van der Waals surface area contributed by atoms with Crippen LogP contribution in [0.15, 0.2) is 48.0 Å². The van der Waals surface area contributed by atoms with E-state index < -0.39 is 35.5 Å². The molecule has 0 spiro atoms. The second kappa shape index (κ2) is 10.2. The molecule has 12 nitrogen and oxygen atoms in total. The third-order valence-electron chi connectivity index (χ3n) is 8.09. The zero-order chi connectivity index (χ0) is 30.9. The molecule has 2 bridgehead atoms. The van der Waals surface area contributed by atoms with E-state index in [1.54, 1.807) is 4.90 Å². The van der Waals surface area contributed by atoms with Crippen molar-refractivity contribution in [3.8, 4) is 22.8 Å². The Balaban J connectivity index is 1.54. The molecule has 2 aliphatic heterocycles. The fourth-order valence-electron chi connectivity index (χ4n) is 6.04. The predicted octanol–water partition coefficient (Wildman–Crippen LogP) is 2.95. The fraction of sp³-hybridized carbons (Fsp3) is 0.300. The number of anilines is 2. The van der Waals surface area contributed by atoms with Gasteiger partial charge >= 0.3 is 5.69 Å². The molecule has 0 radical (unpaired) electrons. The van der Waals surface area contributed by atoms with Crippen molar-refractivity contribution in [1.29, 1.82) is 0 Å². The first-order chi connectivity index (χ1) is 21.2. The van der Waals surface area contributed by atoms with Gasteiger partial charge in [0.15, 0.2) is 18.1 Å². The minimum absolute atomic E-state index is 0.0253. The topological polar surface area (TPSA) is 135 Å². The van der Waals surface area contributed by atoms with Crippen LogP contribution in [-0.4, -0.2) is 73.0 Å². The molecule has 1 unspecified atom stereocenters. The first-order valence-corrected chi connectivity index (χ1v) is 14.1. The van der Waals surface area contributed by atoms with E-state index in [0.29, 0.717) is 25.2 Å². The molecule has 2 amide bonds. The van der Waals surface area contributed by atoms with Gasteiger partial charge in [-0.25, -0.2) is 28.1 Å². The summed E-state index contributed by atoms with van der Waals surface area (Å²) in [6.07, 6.45) is 3.16. The van der Waals surface area contributed by atoms with Crippen molar-refractivity contribution in [3.05, 3.63) is 71.1 Å². The van der Waals surface area contributed by atoms with E-state index in [9.17, 15) is 14.4 Å². The number of aromatic nitrogens is 5. The van der Waals surface area contributed by atoms with Gasteiger partial charge in [-0.05, 0) is 36.6 Å². The molecule has 1 aromatic carbocycles. The summed E-state index contributed by atoms with van der Waals surface area (Å²) in [5, 5.41) is 2.75. The molecule has 14 heteroatoms. The summed E-state index contributed by atoms with van der Waals surface area (Å²) < 4.78 is 38.4. The number of halogens is 2. The Labute approximate surface area is 249 Å². The van der Waals surface area contributed by atoms with Crippen molar-refractivity contribution in [2.24, 2.45) is 0 Å². The highest BCUT2D eigenvalue weighted by molar-refractivity contribution is 5.98. The van der Waals surface area contributed by atoms with E-state index in [2.05, 4.69) is 31.8 Å². The van der Waals surface area contributed by atoms with Gasteiger partial charge < -0.3 is 19.9 Å². The summed E-state index contributed by atoms with van der Waals surface area (Å²) in [7, 11) is 0. The van der Waals surface area contributed by atoms with Crippen LogP contribution >= 0.6 is 0 Å². The maximum atomic E-state index is 16.1. The van der Waals surface area contributed by atoms with E-state index in [-0.39, 0.29) is 63.6 Å². The van der Waals surface area contributed by atoms with Crippen LogP contribution < -0.4 is 20.6 Å². The number of piperazine rings is 1. The Morgan fingerprint density at radius 1 is 1.14 bits per heavy atom. The predicted molar refractivity (Wildman–Crippen MR) is 156 cm³/mol. The summed E-state index contributed by atoms with van der Waals surface area (Å²) in [4.78, 5) is 60.5. The molecule has 5 heterocycles. The van der Waals surface area contributed by atoms with Crippen LogP contribution in [0.1, 0.15) is 31.9 Å². The van der Waals surface area contributed by atoms with Gasteiger partial charge in [0.05, 0.1) is 34.4 Å². The Morgan fingerprint density at radius 2 is 1.95 bits per heavy atom. The molecule has 44 heavy (non-hydrogen) atoms. The lowest BCUT2D eigenvalue weighted by Crippen LogP contribution is -2.49. The lowest BCUT2D eigenvalue weighted by atomic mass is 10.1. The molecule has 2 fully saturated rings. The normalized spacial score (nSPS) is 18.9. The zero-order valence-electron chi connectivity index (χ0n) is 23.8. The fourth-order valence-corrected chi connectivity index (χ4v) is 6.04. The number of nitrogens with zero attached hydrogens (tertiary/aromatic N) is 7. The van der Waals surface area contributed by atoms with E-state index in [1.165, 1.54) is 24.5 Å². The Hall–Kier alpha value is -5.27. The number of nitrogens with one attached hydrogen (secondary N) is 1. The van der Waals surface area contributed by atoms with Gasteiger partial charge in [-0.15, -0.1) is 0 Å². The lowest BCUT2D eigenvalue weighted by Gasteiger charge is -2.35.